The Hall–Kier alpha value is 0.0300. The molecule has 0 bridgehead atoms. The van der Waals surface area contributed by atoms with Gasteiger partial charge in [-0.15, -0.1) is 0 Å². The quantitative estimate of drug-likeness (QED) is 0.690. The highest BCUT2D eigenvalue weighted by atomic mass is 31.2. The molecule has 116 valence electrons. The van der Waals surface area contributed by atoms with E-state index in [0.717, 1.165) is 0 Å². The van der Waals surface area contributed by atoms with Crippen LogP contribution in [0.3, 0.4) is 0 Å². The molecule has 7 heteroatoms. The van der Waals surface area contributed by atoms with E-state index in [9.17, 15) is 4.57 Å². The molecule has 0 spiro atoms. The number of rotatable bonds is 1. The molecule has 0 aromatic carbocycles. The van der Waals surface area contributed by atoms with E-state index >= 15 is 0 Å². The van der Waals surface area contributed by atoms with Crippen molar-refractivity contribution in [3.05, 3.63) is 0 Å². The van der Waals surface area contributed by atoms with Gasteiger partial charge in [-0.05, 0) is 27.7 Å². The lowest BCUT2D eigenvalue weighted by molar-refractivity contribution is -0.174. The van der Waals surface area contributed by atoms with Gasteiger partial charge in [0.1, 0.15) is 18.3 Å². The van der Waals surface area contributed by atoms with Crippen LogP contribution in [-0.4, -0.2) is 55.4 Å². The minimum atomic E-state index is -2.70. The van der Waals surface area contributed by atoms with Crippen molar-refractivity contribution in [2.75, 3.05) is 19.4 Å². The summed E-state index contributed by atoms with van der Waals surface area (Å²) in [5, 5.41) is 0. The molecule has 0 amide bonds. The molecule has 0 N–H and O–H groups in total. The predicted octanol–water partition coefficient (Wildman–Crippen LogP) is 1.96. The summed E-state index contributed by atoms with van der Waals surface area (Å²) in [4.78, 5) is 0. The zero-order valence-electron chi connectivity index (χ0n) is 12.6. The highest BCUT2D eigenvalue weighted by Gasteiger charge is 2.56. The van der Waals surface area contributed by atoms with E-state index in [1.54, 1.807) is 6.66 Å². The van der Waals surface area contributed by atoms with E-state index < -0.39 is 25.0 Å². The molecule has 3 fully saturated rings. The van der Waals surface area contributed by atoms with Gasteiger partial charge in [0.2, 0.25) is 7.37 Å². The molecule has 3 rings (SSSR count). The first kappa shape index (κ1) is 14.9. The normalized spacial score (nSPS) is 50.0. The molecule has 0 aliphatic carbocycles. The Morgan fingerprint density at radius 2 is 1.60 bits per heavy atom. The summed E-state index contributed by atoms with van der Waals surface area (Å²) in [7, 11) is -2.70. The van der Waals surface area contributed by atoms with E-state index in [4.69, 9.17) is 23.5 Å². The maximum absolute atomic E-state index is 12.5. The summed E-state index contributed by atoms with van der Waals surface area (Å²) in [6.07, 6.45) is -0.813. The van der Waals surface area contributed by atoms with Crippen molar-refractivity contribution in [1.82, 2.24) is 0 Å². The maximum atomic E-state index is 12.5. The zero-order chi connectivity index (χ0) is 14.8. The summed E-state index contributed by atoms with van der Waals surface area (Å²) < 4.78 is 41.5. The van der Waals surface area contributed by atoms with Gasteiger partial charge < -0.3 is 23.5 Å². The molecule has 0 aromatic rings. The standard InChI is InChI=1S/C13H23O6P/c1-12(2)15-6-8(16-12)11-10-9(7-20(5,14)19-11)17-13(3,4)18-10/h8-11H,6-7H2,1-5H3/t8-,9-,10-,11-,20+/m1/s1. The molecular weight excluding hydrogens is 283 g/mol. The second-order valence-electron chi connectivity index (χ2n) is 6.77. The Labute approximate surface area is 119 Å². The third-order valence-electron chi connectivity index (χ3n) is 3.80. The molecule has 6 nitrogen and oxygen atoms in total. The summed E-state index contributed by atoms with van der Waals surface area (Å²) in [6.45, 7) is 9.48. The van der Waals surface area contributed by atoms with Gasteiger partial charge in [-0.25, -0.2) is 0 Å². The molecule has 0 unspecified atom stereocenters. The van der Waals surface area contributed by atoms with E-state index in [2.05, 4.69) is 0 Å². The molecule has 0 radical (unpaired) electrons. The smallest absolute Gasteiger partial charge is 0.203 e. The van der Waals surface area contributed by atoms with Gasteiger partial charge in [-0.1, -0.05) is 0 Å². The highest BCUT2D eigenvalue weighted by Crippen LogP contribution is 2.54. The van der Waals surface area contributed by atoms with Crippen LogP contribution >= 0.6 is 7.37 Å². The van der Waals surface area contributed by atoms with Crippen LogP contribution in [0.25, 0.3) is 0 Å². The van der Waals surface area contributed by atoms with Gasteiger partial charge in [-0.3, -0.25) is 4.57 Å². The average Bonchev–Trinajstić information content (AvgIpc) is 2.74. The molecule has 0 aromatic heterocycles. The SMILES string of the molecule is CC1(C)OC[C@H]([C@H]2O[P@](C)(=O)C[C@H]3OC(C)(C)O[C@@H]23)O1. The first-order chi connectivity index (χ1) is 9.07. The van der Waals surface area contributed by atoms with Crippen LogP contribution < -0.4 is 0 Å². The van der Waals surface area contributed by atoms with E-state index in [1.165, 1.54) is 0 Å². The minimum Gasteiger partial charge on any atom is -0.348 e. The number of hydrogen-bond acceptors (Lipinski definition) is 6. The van der Waals surface area contributed by atoms with Crippen molar-refractivity contribution >= 4 is 7.37 Å². The van der Waals surface area contributed by atoms with Gasteiger partial charge in [0.05, 0.1) is 18.9 Å². The van der Waals surface area contributed by atoms with Gasteiger partial charge in [0, 0.05) is 6.66 Å². The number of fused-ring (bicyclic) bond motifs is 1. The van der Waals surface area contributed by atoms with Crippen molar-refractivity contribution in [1.29, 1.82) is 0 Å². The lowest BCUT2D eigenvalue weighted by Gasteiger charge is -2.37. The molecule has 0 saturated carbocycles. The fourth-order valence-electron chi connectivity index (χ4n) is 3.13. The van der Waals surface area contributed by atoms with Gasteiger partial charge in [0.15, 0.2) is 11.6 Å². The molecular formula is C13H23O6P. The maximum Gasteiger partial charge on any atom is 0.203 e. The third kappa shape index (κ3) is 2.82. The van der Waals surface area contributed by atoms with Crippen LogP contribution in [0.4, 0.5) is 0 Å². The van der Waals surface area contributed by atoms with Crippen molar-refractivity contribution < 1.29 is 28.0 Å². The summed E-state index contributed by atoms with van der Waals surface area (Å²) in [5.41, 5.74) is 0. The van der Waals surface area contributed by atoms with Gasteiger partial charge in [-0.2, -0.15) is 0 Å². The van der Waals surface area contributed by atoms with Crippen LogP contribution in [0, 0.1) is 0 Å². The summed E-state index contributed by atoms with van der Waals surface area (Å²) in [5.74, 6) is -1.33. The van der Waals surface area contributed by atoms with E-state index in [1.807, 2.05) is 27.7 Å². The molecule has 3 aliphatic heterocycles. The van der Waals surface area contributed by atoms with Crippen LogP contribution in [0.5, 0.6) is 0 Å². The topological polar surface area (TPSA) is 63.2 Å². The van der Waals surface area contributed by atoms with Crippen LogP contribution in [-0.2, 0) is 28.0 Å². The van der Waals surface area contributed by atoms with Crippen LogP contribution in [0.2, 0.25) is 0 Å². The van der Waals surface area contributed by atoms with Crippen LogP contribution in [0.15, 0.2) is 0 Å². The molecule has 3 aliphatic rings. The van der Waals surface area contributed by atoms with Crippen molar-refractivity contribution in [3.63, 3.8) is 0 Å². The Balaban J connectivity index is 1.83. The molecule has 3 saturated heterocycles. The fourth-order valence-corrected chi connectivity index (χ4v) is 4.92. The second-order valence-corrected chi connectivity index (χ2v) is 9.38. The third-order valence-corrected chi connectivity index (χ3v) is 5.51. The first-order valence-corrected chi connectivity index (χ1v) is 9.25. The fraction of sp³-hybridized carbons (Fsp3) is 1.00. The predicted molar refractivity (Wildman–Crippen MR) is 72.0 cm³/mol. The van der Waals surface area contributed by atoms with Crippen LogP contribution in [0.1, 0.15) is 27.7 Å². The van der Waals surface area contributed by atoms with Gasteiger partial charge in [0.25, 0.3) is 0 Å². The minimum absolute atomic E-state index is 0.216. The van der Waals surface area contributed by atoms with Crippen molar-refractivity contribution in [2.45, 2.75) is 63.7 Å². The highest BCUT2D eigenvalue weighted by molar-refractivity contribution is 7.58. The number of hydrogen-bond donors (Lipinski definition) is 0. The van der Waals surface area contributed by atoms with E-state index in [0.29, 0.717) is 12.8 Å². The van der Waals surface area contributed by atoms with Crippen molar-refractivity contribution in [3.8, 4) is 0 Å². The second kappa shape index (κ2) is 4.51. The first-order valence-electron chi connectivity index (χ1n) is 6.99. The summed E-state index contributed by atoms with van der Waals surface area (Å²) >= 11 is 0. The largest absolute Gasteiger partial charge is 0.348 e. The van der Waals surface area contributed by atoms with E-state index in [-0.39, 0.29) is 18.3 Å². The Bertz CT molecular complexity index is 448. The number of ether oxygens (including phenoxy) is 4. The monoisotopic (exact) mass is 306 g/mol. The average molecular weight is 306 g/mol. The lowest BCUT2D eigenvalue weighted by atomic mass is 10.0. The Kier molecular flexibility index (Phi) is 3.37. The lowest BCUT2D eigenvalue weighted by Crippen LogP contribution is -2.50. The zero-order valence-corrected chi connectivity index (χ0v) is 13.5. The molecule has 5 atom stereocenters. The Morgan fingerprint density at radius 1 is 0.950 bits per heavy atom. The molecule has 20 heavy (non-hydrogen) atoms. The van der Waals surface area contributed by atoms with Crippen molar-refractivity contribution in [2.24, 2.45) is 0 Å². The van der Waals surface area contributed by atoms with Gasteiger partial charge >= 0.3 is 0 Å². The molecule has 3 heterocycles. The summed E-state index contributed by atoms with van der Waals surface area (Å²) in [6, 6.07) is 0. The Morgan fingerprint density at radius 3 is 2.20 bits per heavy atom.